The Hall–Kier alpha value is -2.53. The first-order chi connectivity index (χ1) is 13.0. The number of nitrogens with zero attached hydrogens (tertiary/aromatic N) is 2. The highest BCUT2D eigenvalue weighted by Gasteiger charge is 2.18. The lowest BCUT2D eigenvalue weighted by molar-refractivity contribution is 0.0696. The van der Waals surface area contributed by atoms with Crippen LogP contribution in [0.5, 0.6) is 5.75 Å². The summed E-state index contributed by atoms with van der Waals surface area (Å²) in [5.74, 6) is -0.309. The number of aromatic carboxylic acids is 1. The molecule has 2 aromatic carbocycles. The van der Waals surface area contributed by atoms with Crippen molar-refractivity contribution in [3.63, 3.8) is 0 Å². The average Bonchev–Trinajstić information content (AvgIpc) is 2.68. The summed E-state index contributed by atoms with van der Waals surface area (Å²) >= 11 is 0. The van der Waals surface area contributed by atoms with Crippen LogP contribution in [0.25, 0.3) is 0 Å². The van der Waals surface area contributed by atoms with Gasteiger partial charge in [-0.05, 0) is 55.7 Å². The molecule has 3 rings (SSSR count). The molecule has 0 atom stereocenters. The lowest BCUT2D eigenvalue weighted by Gasteiger charge is -2.37. The van der Waals surface area contributed by atoms with Gasteiger partial charge in [-0.2, -0.15) is 0 Å². The molecule has 1 fully saturated rings. The molecule has 1 N–H and O–H groups in total. The smallest absolute Gasteiger partial charge is 0.335 e. The molecule has 0 amide bonds. The number of hydrogen-bond acceptors (Lipinski definition) is 4. The highest BCUT2D eigenvalue weighted by atomic mass is 16.5. The Morgan fingerprint density at radius 1 is 1.07 bits per heavy atom. The summed E-state index contributed by atoms with van der Waals surface area (Å²) in [6.45, 7) is 10.2. The van der Waals surface area contributed by atoms with Crippen molar-refractivity contribution in [3.05, 3.63) is 59.2 Å². The van der Waals surface area contributed by atoms with Crippen molar-refractivity contribution in [1.29, 1.82) is 0 Å². The molecule has 5 heteroatoms. The number of aryl methyl sites for hydroxylation is 1. The normalized spacial score (nSPS) is 15.0. The number of benzene rings is 2. The number of carboxylic acids is 1. The number of carbonyl (C=O) groups is 1. The molecule has 2 aromatic rings. The van der Waals surface area contributed by atoms with Gasteiger partial charge >= 0.3 is 5.97 Å². The largest absolute Gasteiger partial charge is 0.494 e. The molecule has 144 valence electrons. The summed E-state index contributed by atoms with van der Waals surface area (Å²) in [4.78, 5) is 15.9. The highest BCUT2D eigenvalue weighted by Crippen LogP contribution is 2.23. The predicted octanol–water partition coefficient (Wildman–Crippen LogP) is 3.59. The molecule has 5 nitrogen and oxygen atoms in total. The van der Waals surface area contributed by atoms with E-state index in [1.54, 1.807) is 24.3 Å². The van der Waals surface area contributed by atoms with Gasteiger partial charge in [0.1, 0.15) is 5.75 Å². The Balaban J connectivity index is 1.40. The highest BCUT2D eigenvalue weighted by molar-refractivity contribution is 5.88. The first kappa shape index (κ1) is 19.2. The third-order valence-corrected chi connectivity index (χ3v) is 5.26. The number of carboxylic acid groups (broad SMARTS) is 1. The maximum absolute atomic E-state index is 11.0. The zero-order chi connectivity index (χ0) is 19.2. The molecule has 0 radical (unpaired) electrons. The second kappa shape index (κ2) is 8.91. The fraction of sp³-hybridized carbons (Fsp3) is 0.409. The van der Waals surface area contributed by atoms with Crippen molar-refractivity contribution in [2.75, 3.05) is 44.2 Å². The topological polar surface area (TPSA) is 53.0 Å². The monoisotopic (exact) mass is 368 g/mol. The van der Waals surface area contributed by atoms with Gasteiger partial charge in [-0.1, -0.05) is 18.2 Å². The zero-order valence-corrected chi connectivity index (χ0v) is 16.1. The first-order valence-corrected chi connectivity index (χ1v) is 9.54. The van der Waals surface area contributed by atoms with Gasteiger partial charge in [-0.3, -0.25) is 4.90 Å². The molecular formula is C22H28N2O3. The SMILES string of the molecule is Cc1cccc(N2CCN(CCCOc3cccc(C(=O)O)c3)CC2)c1C. The minimum atomic E-state index is -0.929. The lowest BCUT2D eigenvalue weighted by atomic mass is 10.1. The molecule has 27 heavy (non-hydrogen) atoms. The maximum atomic E-state index is 11.0. The molecule has 0 aromatic heterocycles. The van der Waals surface area contributed by atoms with E-state index in [2.05, 4.69) is 41.8 Å². The van der Waals surface area contributed by atoms with E-state index in [4.69, 9.17) is 9.84 Å². The van der Waals surface area contributed by atoms with Gasteiger partial charge in [0.25, 0.3) is 0 Å². The summed E-state index contributed by atoms with van der Waals surface area (Å²) in [6, 6.07) is 13.2. The van der Waals surface area contributed by atoms with Crippen molar-refractivity contribution >= 4 is 11.7 Å². The summed E-state index contributed by atoms with van der Waals surface area (Å²) in [5, 5.41) is 9.02. The standard InChI is InChI=1S/C22H28N2O3/c1-17-6-3-9-21(18(17)2)24-13-11-23(12-14-24)10-5-15-27-20-8-4-7-19(16-20)22(25)26/h3-4,6-9,16H,5,10-15H2,1-2H3,(H,25,26). The minimum Gasteiger partial charge on any atom is -0.494 e. The number of piperazine rings is 1. The zero-order valence-electron chi connectivity index (χ0n) is 16.1. The fourth-order valence-corrected chi connectivity index (χ4v) is 3.49. The number of hydrogen-bond donors (Lipinski definition) is 1. The second-order valence-electron chi connectivity index (χ2n) is 7.08. The number of ether oxygens (including phenoxy) is 1. The van der Waals surface area contributed by atoms with E-state index in [0.717, 1.165) is 39.1 Å². The Morgan fingerprint density at radius 3 is 2.56 bits per heavy atom. The molecule has 0 spiro atoms. The van der Waals surface area contributed by atoms with Crippen LogP contribution in [0.1, 0.15) is 27.9 Å². The maximum Gasteiger partial charge on any atom is 0.335 e. The molecule has 0 aliphatic carbocycles. The van der Waals surface area contributed by atoms with Gasteiger partial charge in [0, 0.05) is 38.4 Å². The lowest BCUT2D eigenvalue weighted by Crippen LogP contribution is -2.47. The fourth-order valence-electron chi connectivity index (χ4n) is 3.49. The quantitative estimate of drug-likeness (QED) is 0.757. The first-order valence-electron chi connectivity index (χ1n) is 9.54. The predicted molar refractivity (Wildman–Crippen MR) is 108 cm³/mol. The molecule has 0 unspecified atom stereocenters. The molecule has 0 bridgehead atoms. The van der Waals surface area contributed by atoms with E-state index in [-0.39, 0.29) is 5.56 Å². The van der Waals surface area contributed by atoms with Crippen LogP contribution in [0.3, 0.4) is 0 Å². The van der Waals surface area contributed by atoms with Crippen molar-refractivity contribution in [2.45, 2.75) is 20.3 Å². The molecule has 1 heterocycles. The third kappa shape index (κ3) is 5.01. The van der Waals surface area contributed by atoms with Crippen LogP contribution in [0, 0.1) is 13.8 Å². The van der Waals surface area contributed by atoms with Crippen LogP contribution >= 0.6 is 0 Å². The van der Waals surface area contributed by atoms with E-state index < -0.39 is 5.97 Å². The molecular weight excluding hydrogens is 340 g/mol. The van der Waals surface area contributed by atoms with Gasteiger partial charge < -0.3 is 14.7 Å². The number of anilines is 1. The van der Waals surface area contributed by atoms with Gasteiger partial charge in [-0.15, -0.1) is 0 Å². The van der Waals surface area contributed by atoms with E-state index in [9.17, 15) is 4.79 Å². The molecule has 1 aliphatic rings. The Morgan fingerprint density at radius 2 is 1.81 bits per heavy atom. The van der Waals surface area contributed by atoms with Gasteiger partial charge in [-0.25, -0.2) is 4.79 Å². The molecule has 1 saturated heterocycles. The average molecular weight is 368 g/mol. The van der Waals surface area contributed by atoms with Crippen LogP contribution in [0.15, 0.2) is 42.5 Å². The van der Waals surface area contributed by atoms with Crippen LogP contribution < -0.4 is 9.64 Å². The summed E-state index contributed by atoms with van der Waals surface area (Å²) in [7, 11) is 0. The van der Waals surface area contributed by atoms with Crippen LogP contribution in [-0.4, -0.2) is 55.3 Å². The van der Waals surface area contributed by atoms with Crippen LogP contribution in [-0.2, 0) is 0 Å². The third-order valence-electron chi connectivity index (χ3n) is 5.26. The molecule has 0 saturated carbocycles. The molecule has 1 aliphatic heterocycles. The van der Waals surface area contributed by atoms with Gasteiger partial charge in [0.05, 0.1) is 12.2 Å². The Kier molecular flexibility index (Phi) is 6.35. The number of rotatable bonds is 7. The second-order valence-corrected chi connectivity index (χ2v) is 7.08. The van der Waals surface area contributed by atoms with Crippen LogP contribution in [0.2, 0.25) is 0 Å². The van der Waals surface area contributed by atoms with Crippen LogP contribution in [0.4, 0.5) is 5.69 Å². The van der Waals surface area contributed by atoms with Crippen molar-refractivity contribution < 1.29 is 14.6 Å². The summed E-state index contributed by atoms with van der Waals surface area (Å²) < 4.78 is 5.71. The van der Waals surface area contributed by atoms with Gasteiger partial charge in [0.15, 0.2) is 0 Å². The summed E-state index contributed by atoms with van der Waals surface area (Å²) in [6.07, 6.45) is 0.931. The van der Waals surface area contributed by atoms with Crippen molar-refractivity contribution in [2.24, 2.45) is 0 Å². The minimum absolute atomic E-state index is 0.259. The van der Waals surface area contributed by atoms with E-state index in [0.29, 0.717) is 12.4 Å². The Labute approximate surface area is 161 Å². The van der Waals surface area contributed by atoms with Crippen molar-refractivity contribution in [1.82, 2.24) is 4.90 Å². The van der Waals surface area contributed by atoms with E-state index in [1.807, 2.05) is 0 Å². The van der Waals surface area contributed by atoms with E-state index in [1.165, 1.54) is 16.8 Å². The summed E-state index contributed by atoms with van der Waals surface area (Å²) in [5.41, 5.74) is 4.34. The van der Waals surface area contributed by atoms with E-state index >= 15 is 0 Å². The van der Waals surface area contributed by atoms with Gasteiger partial charge in [0.2, 0.25) is 0 Å². The Bertz CT molecular complexity index is 783. The van der Waals surface area contributed by atoms with Crippen molar-refractivity contribution in [3.8, 4) is 5.75 Å².